The summed E-state index contributed by atoms with van der Waals surface area (Å²) in [6, 6.07) is 1.30. The van der Waals surface area contributed by atoms with E-state index in [2.05, 4.69) is 57.0 Å². The van der Waals surface area contributed by atoms with Crippen LogP contribution in [0.1, 0.15) is 59.3 Å². The van der Waals surface area contributed by atoms with Crippen molar-refractivity contribution in [3.05, 3.63) is 0 Å². The van der Waals surface area contributed by atoms with Gasteiger partial charge >= 0.3 is 0 Å². The van der Waals surface area contributed by atoms with Crippen molar-refractivity contribution < 1.29 is 0 Å². The number of likely N-dealkylation sites (N-methyl/N-ethyl adjacent to an activating group) is 3. The van der Waals surface area contributed by atoms with Crippen LogP contribution in [0.3, 0.4) is 0 Å². The second kappa shape index (κ2) is 8.35. The Bertz CT molecular complexity index is 255. The van der Waals surface area contributed by atoms with Crippen molar-refractivity contribution in [2.45, 2.75) is 76.9 Å². The standard InChI is InChI=1S/C17H37N3/c1-7-11-15(18-9-3)16(8-2)20(6)14-17(19(4)5)12-10-13-17/h15-16,18H,7-14H2,1-6H3. The van der Waals surface area contributed by atoms with Crippen LogP contribution >= 0.6 is 0 Å². The van der Waals surface area contributed by atoms with Crippen LogP contribution < -0.4 is 5.32 Å². The van der Waals surface area contributed by atoms with Crippen molar-refractivity contribution in [2.75, 3.05) is 34.2 Å². The molecule has 0 aliphatic heterocycles. The summed E-state index contributed by atoms with van der Waals surface area (Å²) < 4.78 is 0. The lowest BCUT2D eigenvalue weighted by atomic mass is 9.75. The highest BCUT2D eigenvalue weighted by Crippen LogP contribution is 2.37. The van der Waals surface area contributed by atoms with Crippen LogP contribution in [0.4, 0.5) is 0 Å². The third kappa shape index (κ3) is 4.19. The molecule has 1 aliphatic carbocycles. The summed E-state index contributed by atoms with van der Waals surface area (Å²) in [5.41, 5.74) is 0.436. The quantitative estimate of drug-likeness (QED) is 0.665. The molecule has 1 aliphatic rings. The van der Waals surface area contributed by atoms with Gasteiger partial charge in [-0.15, -0.1) is 0 Å². The fourth-order valence-electron chi connectivity index (χ4n) is 3.82. The van der Waals surface area contributed by atoms with E-state index in [1.807, 2.05) is 0 Å². The molecule has 20 heavy (non-hydrogen) atoms. The lowest BCUT2D eigenvalue weighted by molar-refractivity contribution is 0.00970. The van der Waals surface area contributed by atoms with Crippen molar-refractivity contribution in [1.29, 1.82) is 0 Å². The Morgan fingerprint density at radius 2 is 1.75 bits per heavy atom. The molecule has 1 fully saturated rings. The van der Waals surface area contributed by atoms with Gasteiger partial charge in [-0.05, 0) is 59.8 Å². The molecule has 0 spiro atoms. The first-order valence-corrected chi connectivity index (χ1v) is 8.61. The van der Waals surface area contributed by atoms with E-state index in [0.29, 0.717) is 17.6 Å². The first kappa shape index (κ1) is 17.9. The molecule has 2 atom stereocenters. The summed E-state index contributed by atoms with van der Waals surface area (Å²) in [5, 5.41) is 3.71. The van der Waals surface area contributed by atoms with Crippen molar-refractivity contribution in [2.24, 2.45) is 0 Å². The van der Waals surface area contributed by atoms with E-state index in [1.54, 1.807) is 0 Å². The number of hydrogen-bond acceptors (Lipinski definition) is 3. The molecule has 3 nitrogen and oxygen atoms in total. The molecule has 0 amide bonds. The molecule has 2 unspecified atom stereocenters. The van der Waals surface area contributed by atoms with Gasteiger partial charge in [-0.25, -0.2) is 0 Å². The molecule has 1 saturated carbocycles. The van der Waals surface area contributed by atoms with E-state index in [4.69, 9.17) is 0 Å². The summed E-state index contributed by atoms with van der Waals surface area (Å²) in [6.45, 7) is 9.15. The molecule has 0 radical (unpaired) electrons. The van der Waals surface area contributed by atoms with E-state index in [9.17, 15) is 0 Å². The Morgan fingerprint density at radius 3 is 2.10 bits per heavy atom. The van der Waals surface area contributed by atoms with Gasteiger partial charge in [-0.1, -0.05) is 27.2 Å². The van der Waals surface area contributed by atoms with E-state index in [-0.39, 0.29) is 0 Å². The first-order chi connectivity index (χ1) is 9.50. The zero-order valence-electron chi connectivity index (χ0n) is 14.7. The average molecular weight is 284 g/mol. The molecule has 3 heteroatoms. The number of hydrogen-bond donors (Lipinski definition) is 1. The van der Waals surface area contributed by atoms with Crippen LogP contribution in [-0.4, -0.2) is 61.7 Å². The summed E-state index contributed by atoms with van der Waals surface area (Å²) in [6.07, 6.45) is 7.90. The van der Waals surface area contributed by atoms with Gasteiger partial charge < -0.3 is 15.1 Å². The predicted octanol–water partition coefficient (Wildman–Crippen LogP) is 2.96. The molecule has 0 heterocycles. The maximum atomic E-state index is 3.71. The van der Waals surface area contributed by atoms with Crippen LogP contribution in [0.25, 0.3) is 0 Å². The van der Waals surface area contributed by atoms with Gasteiger partial charge in [0.1, 0.15) is 0 Å². The molecular weight excluding hydrogens is 246 g/mol. The van der Waals surface area contributed by atoms with E-state index < -0.39 is 0 Å². The minimum atomic E-state index is 0.436. The third-order valence-electron chi connectivity index (χ3n) is 5.29. The Balaban J connectivity index is 2.67. The van der Waals surface area contributed by atoms with Gasteiger partial charge in [-0.2, -0.15) is 0 Å². The van der Waals surface area contributed by atoms with Crippen LogP contribution in [0, 0.1) is 0 Å². The zero-order valence-corrected chi connectivity index (χ0v) is 14.7. The summed E-state index contributed by atoms with van der Waals surface area (Å²) in [5.74, 6) is 0. The second-order valence-corrected chi connectivity index (χ2v) is 6.82. The average Bonchev–Trinajstić information content (AvgIpc) is 2.34. The second-order valence-electron chi connectivity index (χ2n) is 6.82. The smallest absolute Gasteiger partial charge is 0.0330 e. The lowest BCUT2D eigenvalue weighted by Crippen LogP contribution is -2.60. The maximum absolute atomic E-state index is 3.71. The van der Waals surface area contributed by atoms with Gasteiger partial charge in [0, 0.05) is 24.2 Å². The molecule has 0 aromatic rings. The largest absolute Gasteiger partial charge is 0.313 e. The van der Waals surface area contributed by atoms with Gasteiger partial charge in [0.25, 0.3) is 0 Å². The summed E-state index contributed by atoms with van der Waals surface area (Å²) in [7, 11) is 6.83. The van der Waals surface area contributed by atoms with E-state index in [0.717, 1.165) is 6.54 Å². The molecule has 0 saturated heterocycles. The SMILES string of the molecule is CCCC(NCC)C(CC)N(C)CC1(N(C)C)CCC1. The van der Waals surface area contributed by atoms with Gasteiger partial charge in [0.05, 0.1) is 0 Å². The van der Waals surface area contributed by atoms with Gasteiger partial charge in [0.2, 0.25) is 0 Å². The molecule has 120 valence electrons. The van der Waals surface area contributed by atoms with Crippen molar-refractivity contribution in [3.63, 3.8) is 0 Å². The molecular formula is C17H37N3. The Labute approximate surface area is 127 Å². The van der Waals surface area contributed by atoms with Crippen molar-refractivity contribution in [3.8, 4) is 0 Å². The maximum Gasteiger partial charge on any atom is 0.0330 e. The highest BCUT2D eigenvalue weighted by atomic mass is 15.2. The van der Waals surface area contributed by atoms with Crippen molar-refractivity contribution in [1.82, 2.24) is 15.1 Å². The minimum absolute atomic E-state index is 0.436. The van der Waals surface area contributed by atoms with Crippen LogP contribution in [0.5, 0.6) is 0 Å². The van der Waals surface area contributed by atoms with Crippen LogP contribution in [0.2, 0.25) is 0 Å². The summed E-state index contributed by atoms with van der Waals surface area (Å²) >= 11 is 0. The zero-order chi connectivity index (χ0) is 15.2. The Morgan fingerprint density at radius 1 is 1.10 bits per heavy atom. The predicted molar refractivity (Wildman–Crippen MR) is 89.4 cm³/mol. The molecule has 1 N–H and O–H groups in total. The van der Waals surface area contributed by atoms with E-state index in [1.165, 1.54) is 45.1 Å². The molecule has 0 aromatic heterocycles. The fraction of sp³-hybridized carbons (Fsp3) is 1.00. The van der Waals surface area contributed by atoms with Gasteiger partial charge in [0.15, 0.2) is 0 Å². The first-order valence-electron chi connectivity index (χ1n) is 8.61. The number of rotatable bonds is 10. The third-order valence-corrected chi connectivity index (χ3v) is 5.29. The molecule has 0 aromatic carbocycles. The van der Waals surface area contributed by atoms with Crippen LogP contribution in [0.15, 0.2) is 0 Å². The Hall–Kier alpha value is -0.120. The van der Waals surface area contributed by atoms with Crippen LogP contribution in [-0.2, 0) is 0 Å². The highest BCUT2D eigenvalue weighted by Gasteiger charge is 2.41. The van der Waals surface area contributed by atoms with Crippen molar-refractivity contribution >= 4 is 0 Å². The van der Waals surface area contributed by atoms with Gasteiger partial charge in [-0.3, -0.25) is 0 Å². The normalized spacial score (nSPS) is 21.0. The van der Waals surface area contributed by atoms with E-state index >= 15 is 0 Å². The summed E-state index contributed by atoms with van der Waals surface area (Å²) in [4.78, 5) is 5.09. The monoisotopic (exact) mass is 283 g/mol. The molecule has 0 bridgehead atoms. The minimum Gasteiger partial charge on any atom is -0.313 e. The fourth-order valence-corrected chi connectivity index (χ4v) is 3.82. The topological polar surface area (TPSA) is 18.5 Å². The number of nitrogens with one attached hydrogen (secondary N) is 1. The lowest BCUT2D eigenvalue weighted by Gasteiger charge is -2.51. The number of nitrogens with zero attached hydrogens (tertiary/aromatic N) is 2. The molecule has 1 rings (SSSR count). The highest BCUT2D eigenvalue weighted by molar-refractivity contribution is 4.99. The Kier molecular flexibility index (Phi) is 7.49.